The van der Waals surface area contributed by atoms with Crippen LogP contribution in [0.2, 0.25) is 0 Å². The smallest absolute Gasteiger partial charge is 0.263 e. The van der Waals surface area contributed by atoms with Crippen LogP contribution >= 0.6 is 11.3 Å². The second-order valence-electron chi connectivity index (χ2n) is 5.88. The van der Waals surface area contributed by atoms with Gasteiger partial charge in [-0.3, -0.25) is 4.79 Å². The summed E-state index contributed by atoms with van der Waals surface area (Å²) in [5.74, 6) is 0.120. The zero-order chi connectivity index (χ0) is 15.0. The van der Waals surface area contributed by atoms with Crippen molar-refractivity contribution in [2.75, 3.05) is 32.9 Å². The quantitative estimate of drug-likeness (QED) is 0.868. The zero-order valence-electron chi connectivity index (χ0n) is 12.5. The van der Waals surface area contributed by atoms with E-state index in [4.69, 9.17) is 5.73 Å². The predicted octanol–water partition coefficient (Wildman–Crippen LogP) is 2.65. The van der Waals surface area contributed by atoms with Crippen molar-refractivity contribution in [1.82, 2.24) is 9.80 Å². The topological polar surface area (TPSA) is 49.6 Å². The Kier molecular flexibility index (Phi) is 3.87. The molecule has 2 heterocycles. The second-order valence-corrected chi connectivity index (χ2v) is 6.97. The summed E-state index contributed by atoms with van der Waals surface area (Å²) in [5.41, 5.74) is 6.54. The number of amides is 1. The maximum Gasteiger partial charge on any atom is 0.263 e. The molecule has 1 aliphatic heterocycles. The van der Waals surface area contributed by atoms with E-state index in [9.17, 15) is 4.79 Å². The largest absolute Gasteiger partial charge is 0.399 e. The molecular weight excluding hydrogens is 282 g/mol. The zero-order valence-corrected chi connectivity index (χ0v) is 13.3. The van der Waals surface area contributed by atoms with Crippen LogP contribution in [0.4, 0.5) is 5.69 Å². The van der Waals surface area contributed by atoms with Gasteiger partial charge in [0, 0.05) is 30.0 Å². The highest BCUT2D eigenvalue weighted by Gasteiger charge is 2.26. The minimum atomic E-state index is 0.120. The molecule has 4 nitrogen and oxygen atoms in total. The minimum Gasteiger partial charge on any atom is -0.399 e. The molecule has 1 aromatic heterocycles. The molecule has 1 amide bonds. The van der Waals surface area contributed by atoms with Crippen LogP contribution < -0.4 is 5.73 Å². The fraction of sp³-hybridized carbons (Fsp3) is 0.438. The first-order chi connectivity index (χ1) is 10.0. The van der Waals surface area contributed by atoms with E-state index in [1.807, 2.05) is 36.2 Å². The van der Waals surface area contributed by atoms with Gasteiger partial charge in [0.25, 0.3) is 5.91 Å². The summed E-state index contributed by atoms with van der Waals surface area (Å²) in [6.45, 7) is 2.08. The lowest BCUT2D eigenvalue weighted by atomic mass is 10.0. The summed E-state index contributed by atoms with van der Waals surface area (Å²) >= 11 is 1.55. The molecule has 0 aliphatic carbocycles. The number of piperidine rings is 1. The van der Waals surface area contributed by atoms with E-state index in [-0.39, 0.29) is 5.91 Å². The number of carbonyl (C=O) groups excluding carboxylic acids is 1. The van der Waals surface area contributed by atoms with Gasteiger partial charge in [-0.1, -0.05) is 0 Å². The molecule has 21 heavy (non-hydrogen) atoms. The Morgan fingerprint density at radius 3 is 3.00 bits per heavy atom. The molecule has 0 saturated carbocycles. The predicted molar refractivity (Wildman–Crippen MR) is 88.8 cm³/mol. The Hall–Kier alpha value is -1.59. The molecule has 1 aromatic carbocycles. The van der Waals surface area contributed by atoms with Gasteiger partial charge in [0.15, 0.2) is 0 Å². The third-order valence-electron chi connectivity index (χ3n) is 4.22. The van der Waals surface area contributed by atoms with Gasteiger partial charge in [0.05, 0.1) is 4.88 Å². The number of thiophene rings is 1. The Labute approximate surface area is 129 Å². The first kappa shape index (κ1) is 14.4. The lowest BCUT2D eigenvalue weighted by molar-refractivity contribution is 0.0649. The van der Waals surface area contributed by atoms with Crippen LogP contribution in [0.25, 0.3) is 10.1 Å². The number of likely N-dealkylation sites (N-methyl/N-ethyl adjacent to an activating group) is 2. The number of rotatable bonds is 2. The molecule has 112 valence electrons. The number of carbonyl (C=O) groups is 1. The van der Waals surface area contributed by atoms with Crippen molar-refractivity contribution in [3.63, 3.8) is 0 Å². The van der Waals surface area contributed by atoms with Gasteiger partial charge in [0.1, 0.15) is 0 Å². The number of hydrogen-bond acceptors (Lipinski definition) is 4. The molecule has 0 spiro atoms. The van der Waals surface area contributed by atoms with Crippen LogP contribution in [0.5, 0.6) is 0 Å². The molecule has 0 bridgehead atoms. The molecule has 2 aromatic rings. The maximum absolute atomic E-state index is 12.7. The summed E-state index contributed by atoms with van der Waals surface area (Å²) in [5, 5.41) is 1.05. The maximum atomic E-state index is 12.7. The number of benzene rings is 1. The van der Waals surface area contributed by atoms with Gasteiger partial charge in [-0.2, -0.15) is 0 Å². The van der Waals surface area contributed by atoms with Crippen LogP contribution in [0, 0.1) is 0 Å². The Bertz CT molecular complexity index is 667. The number of nitrogens with zero attached hydrogens (tertiary/aromatic N) is 2. The summed E-state index contributed by atoms with van der Waals surface area (Å²) in [7, 11) is 4.04. The summed E-state index contributed by atoms with van der Waals surface area (Å²) in [6.07, 6.45) is 2.24. The van der Waals surface area contributed by atoms with E-state index in [1.165, 1.54) is 0 Å². The average Bonchev–Trinajstić information content (AvgIpc) is 2.88. The van der Waals surface area contributed by atoms with Gasteiger partial charge in [0.2, 0.25) is 0 Å². The number of nitrogens with two attached hydrogens (primary N) is 1. The van der Waals surface area contributed by atoms with E-state index in [2.05, 4.69) is 11.9 Å². The first-order valence-electron chi connectivity index (χ1n) is 7.29. The Morgan fingerprint density at radius 1 is 1.43 bits per heavy atom. The molecule has 1 saturated heterocycles. The number of nitrogen functional groups attached to an aromatic ring is 1. The molecule has 5 heteroatoms. The van der Waals surface area contributed by atoms with E-state index in [1.54, 1.807) is 11.3 Å². The van der Waals surface area contributed by atoms with Crippen LogP contribution in [-0.4, -0.2) is 48.9 Å². The van der Waals surface area contributed by atoms with Crippen molar-refractivity contribution in [3.05, 3.63) is 29.1 Å². The van der Waals surface area contributed by atoms with Crippen molar-refractivity contribution in [2.24, 2.45) is 0 Å². The number of likely N-dealkylation sites (tertiary alicyclic amines) is 1. The Morgan fingerprint density at radius 2 is 2.24 bits per heavy atom. The Balaban J connectivity index is 1.82. The molecular formula is C16H21N3OS. The van der Waals surface area contributed by atoms with Gasteiger partial charge in [-0.25, -0.2) is 0 Å². The van der Waals surface area contributed by atoms with E-state index in [0.717, 1.165) is 46.6 Å². The molecule has 1 aliphatic rings. The third kappa shape index (κ3) is 2.89. The summed E-state index contributed by atoms with van der Waals surface area (Å²) < 4.78 is 1.11. The highest BCUT2D eigenvalue weighted by atomic mass is 32.1. The van der Waals surface area contributed by atoms with Gasteiger partial charge < -0.3 is 15.5 Å². The highest BCUT2D eigenvalue weighted by Crippen LogP contribution is 2.29. The summed E-state index contributed by atoms with van der Waals surface area (Å²) in [6, 6.07) is 8.07. The lowest BCUT2D eigenvalue weighted by Gasteiger charge is -2.35. The first-order valence-corrected chi connectivity index (χ1v) is 8.11. The average molecular weight is 303 g/mol. The van der Waals surface area contributed by atoms with Crippen LogP contribution in [-0.2, 0) is 0 Å². The molecule has 3 rings (SSSR count). The normalized spacial score (nSPS) is 19.8. The third-order valence-corrected chi connectivity index (χ3v) is 5.32. The van der Waals surface area contributed by atoms with E-state index in [0.29, 0.717) is 6.04 Å². The number of fused-ring (bicyclic) bond motifs is 1. The van der Waals surface area contributed by atoms with Gasteiger partial charge in [-0.05, 0) is 56.1 Å². The highest BCUT2D eigenvalue weighted by molar-refractivity contribution is 7.20. The van der Waals surface area contributed by atoms with E-state index < -0.39 is 0 Å². The molecule has 1 unspecified atom stereocenters. The fourth-order valence-corrected chi connectivity index (χ4v) is 3.99. The van der Waals surface area contributed by atoms with Gasteiger partial charge >= 0.3 is 0 Å². The van der Waals surface area contributed by atoms with Crippen LogP contribution in [0.15, 0.2) is 24.3 Å². The monoisotopic (exact) mass is 303 g/mol. The van der Waals surface area contributed by atoms with Crippen LogP contribution in [0.1, 0.15) is 22.5 Å². The van der Waals surface area contributed by atoms with Crippen molar-refractivity contribution < 1.29 is 4.79 Å². The van der Waals surface area contributed by atoms with Crippen molar-refractivity contribution in [2.45, 2.75) is 18.9 Å². The van der Waals surface area contributed by atoms with E-state index >= 15 is 0 Å². The minimum absolute atomic E-state index is 0.120. The molecule has 1 fully saturated rings. The van der Waals surface area contributed by atoms with Crippen molar-refractivity contribution in [1.29, 1.82) is 0 Å². The molecule has 1 atom stereocenters. The number of anilines is 1. The second kappa shape index (κ2) is 5.66. The summed E-state index contributed by atoms with van der Waals surface area (Å²) in [4.78, 5) is 17.7. The SMILES string of the molecule is CN1CCCC(N(C)C(=O)c2cc3cc(N)ccc3s2)C1. The molecule has 0 radical (unpaired) electrons. The van der Waals surface area contributed by atoms with Crippen molar-refractivity contribution >= 4 is 33.0 Å². The lowest BCUT2D eigenvalue weighted by Crippen LogP contribution is -2.47. The van der Waals surface area contributed by atoms with Crippen LogP contribution in [0.3, 0.4) is 0 Å². The molecule has 2 N–H and O–H groups in total. The standard InChI is InChI=1S/C16H21N3OS/c1-18-7-3-4-13(10-18)19(2)16(20)15-9-11-8-12(17)5-6-14(11)21-15/h5-6,8-9,13H,3-4,7,10,17H2,1-2H3. The number of hydrogen-bond donors (Lipinski definition) is 1. The fourth-order valence-electron chi connectivity index (χ4n) is 2.96. The van der Waals surface area contributed by atoms with Gasteiger partial charge in [-0.15, -0.1) is 11.3 Å². The van der Waals surface area contributed by atoms with Crippen molar-refractivity contribution in [3.8, 4) is 0 Å².